The third kappa shape index (κ3) is 4.11. The van der Waals surface area contributed by atoms with Gasteiger partial charge in [0.1, 0.15) is 10.6 Å². The smallest absolute Gasteiger partial charge is 0.346 e. The Morgan fingerprint density at radius 3 is 2.68 bits per heavy atom. The first kappa shape index (κ1) is 16.6. The van der Waals surface area contributed by atoms with Gasteiger partial charge in [0.05, 0.1) is 6.61 Å². The molecular weight excluding hydrogens is 324 g/mol. The molecule has 0 amide bonds. The number of aryl methyl sites for hydroxylation is 1. The van der Waals surface area contributed by atoms with Gasteiger partial charge in [-0.2, -0.15) is 4.98 Å². The molecule has 0 bridgehead atoms. The van der Waals surface area contributed by atoms with E-state index in [1.165, 1.54) is 11.8 Å². The lowest BCUT2D eigenvalue weighted by Gasteiger charge is -2.09. The van der Waals surface area contributed by atoms with E-state index in [1.807, 2.05) is 12.1 Å². The Hall–Kier alpha value is -1.79. The standard InChI is InChI=1S/C15H15ClN2O3S/c1-3-21-14(19)12-9(2)17-15(20)18-13(12)22-8-10-4-6-11(16)7-5-10/h4-7H,3,8H2,1-2H3,(H,17,18,20). The minimum absolute atomic E-state index is 0.263. The van der Waals surface area contributed by atoms with E-state index < -0.39 is 11.7 Å². The van der Waals surface area contributed by atoms with Gasteiger partial charge in [-0.05, 0) is 31.5 Å². The third-order valence-corrected chi connectivity index (χ3v) is 4.15. The highest BCUT2D eigenvalue weighted by atomic mass is 35.5. The van der Waals surface area contributed by atoms with Gasteiger partial charge in [0, 0.05) is 16.5 Å². The Kier molecular flexibility index (Phi) is 5.63. The van der Waals surface area contributed by atoms with Crippen molar-refractivity contribution in [3.8, 4) is 0 Å². The van der Waals surface area contributed by atoms with Gasteiger partial charge in [-0.25, -0.2) is 9.59 Å². The number of thioether (sulfide) groups is 1. The number of hydrogen-bond donors (Lipinski definition) is 1. The number of aromatic nitrogens is 2. The summed E-state index contributed by atoms with van der Waals surface area (Å²) in [6.45, 7) is 3.65. The van der Waals surface area contributed by atoms with Crippen LogP contribution in [-0.2, 0) is 10.5 Å². The van der Waals surface area contributed by atoms with E-state index in [2.05, 4.69) is 9.97 Å². The van der Waals surface area contributed by atoms with Gasteiger partial charge in [-0.3, -0.25) is 0 Å². The van der Waals surface area contributed by atoms with Gasteiger partial charge >= 0.3 is 11.7 Å². The Labute approximate surface area is 137 Å². The van der Waals surface area contributed by atoms with Crippen molar-refractivity contribution >= 4 is 29.3 Å². The second-order valence-corrected chi connectivity index (χ2v) is 5.88. The van der Waals surface area contributed by atoms with Crippen molar-refractivity contribution in [3.63, 3.8) is 0 Å². The zero-order chi connectivity index (χ0) is 16.1. The normalized spacial score (nSPS) is 10.5. The average Bonchev–Trinajstić information content (AvgIpc) is 2.46. The first-order valence-corrected chi connectivity index (χ1v) is 8.03. The molecule has 0 unspecified atom stereocenters. The van der Waals surface area contributed by atoms with Gasteiger partial charge < -0.3 is 9.72 Å². The molecule has 0 atom stereocenters. The SMILES string of the molecule is CCOC(=O)c1c(SCc2ccc(Cl)cc2)nc(=O)[nH]c1C. The molecule has 2 rings (SSSR count). The lowest BCUT2D eigenvalue weighted by atomic mass is 10.2. The van der Waals surface area contributed by atoms with E-state index in [0.29, 0.717) is 27.1 Å². The van der Waals surface area contributed by atoms with E-state index in [9.17, 15) is 9.59 Å². The molecule has 2 aromatic rings. The molecule has 0 radical (unpaired) electrons. The van der Waals surface area contributed by atoms with Crippen LogP contribution in [0.5, 0.6) is 0 Å². The van der Waals surface area contributed by atoms with Crippen molar-refractivity contribution in [1.29, 1.82) is 0 Å². The van der Waals surface area contributed by atoms with Gasteiger partial charge in [-0.15, -0.1) is 11.8 Å². The quantitative estimate of drug-likeness (QED) is 0.515. The van der Waals surface area contributed by atoms with Crippen LogP contribution in [0, 0.1) is 6.92 Å². The Balaban J connectivity index is 2.27. The molecule has 0 saturated heterocycles. The van der Waals surface area contributed by atoms with E-state index in [-0.39, 0.29) is 6.61 Å². The maximum Gasteiger partial charge on any atom is 0.346 e. The van der Waals surface area contributed by atoms with Gasteiger partial charge in [0.2, 0.25) is 0 Å². The molecule has 7 heteroatoms. The number of nitrogens with zero attached hydrogens (tertiary/aromatic N) is 1. The molecule has 1 N–H and O–H groups in total. The second kappa shape index (κ2) is 7.47. The highest BCUT2D eigenvalue weighted by Crippen LogP contribution is 2.25. The number of benzene rings is 1. The predicted molar refractivity (Wildman–Crippen MR) is 86.6 cm³/mol. The summed E-state index contributed by atoms with van der Waals surface area (Å²) < 4.78 is 5.03. The number of halogens is 1. The van der Waals surface area contributed by atoms with Crippen LogP contribution in [0.25, 0.3) is 0 Å². The summed E-state index contributed by atoms with van der Waals surface area (Å²) in [5.41, 5.74) is 1.30. The molecule has 1 heterocycles. The van der Waals surface area contributed by atoms with Crippen LogP contribution in [0.2, 0.25) is 5.02 Å². The highest BCUT2D eigenvalue weighted by molar-refractivity contribution is 7.98. The zero-order valence-electron chi connectivity index (χ0n) is 12.2. The maximum absolute atomic E-state index is 12.0. The first-order chi connectivity index (χ1) is 10.5. The van der Waals surface area contributed by atoms with Crippen LogP contribution in [0.3, 0.4) is 0 Å². The highest BCUT2D eigenvalue weighted by Gasteiger charge is 2.19. The molecule has 1 aromatic heterocycles. The minimum Gasteiger partial charge on any atom is -0.462 e. The maximum atomic E-state index is 12.0. The van der Waals surface area contributed by atoms with Gasteiger partial charge in [0.25, 0.3) is 0 Å². The van der Waals surface area contributed by atoms with Crippen molar-refractivity contribution in [2.75, 3.05) is 6.61 Å². The molecule has 0 spiro atoms. The second-order valence-electron chi connectivity index (χ2n) is 4.48. The van der Waals surface area contributed by atoms with Crippen molar-refractivity contribution < 1.29 is 9.53 Å². The molecule has 0 saturated carbocycles. The van der Waals surface area contributed by atoms with E-state index in [4.69, 9.17) is 16.3 Å². The number of ether oxygens (including phenoxy) is 1. The van der Waals surface area contributed by atoms with Crippen molar-refractivity contribution in [3.05, 3.63) is 56.6 Å². The van der Waals surface area contributed by atoms with Gasteiger partial charge in [0.15, 0.2) is 0 Å². The third-order valence-electron chi connectivity index (χ3n) is 2.85. The Bertz CT molecular complexity index is 729. The lowest BCUT2D eigenvalue weighted by Crippen LogP contribution is -2.19. The van der Waals surface area contributed by atoms with E-state index in [0.717, 1.165) is 5.56 Å². The number of hydrogen-bond acceptors (Lipinski definition) is 5. The first-order valence-electron chi connectivity index (χ1n) is 6.66. The fourth-order valence-electron chi connectivity index (χ4n) is 1.84. The van der Waals surface area contributed by atoms with Crippen LogP contribution < -0.4 is 5.69 Å². The average molecular weight is 339 g/mol. The van der Waals surface area contributed by atoms with Crippen LogP contribution in [-0.4, -0.2) is 22.5 Å². The van der Waals surface area contributed by atoms with Crippen LogP contribution in [0.15, 0.2) is 34.1 Å². The number of esters is 1. The predicted octanol–water partition coefficient (Wildman–Crippen LogP) is 3.20. The van der Waals surface area contributed by atoms with Crippen LogP contribution in [0.4, 0.5) is 0 Å². The van der Waals surface area contributed by atoms with Crippen LogP contribution >= 0.6 is 23.4 Å². The van der Waals surface area contributed by atoms with Crippen molar-refractivity contribution in [1.82, 2.24) is 9.97 Å². The molecule has 0 fully saturated rings. The van der Waals surface area contributed by atoms with Gasteiger partial charge in [-0.1, -0.05) is 23.7 Å². The number of carbonyl (C=O) groups excluding carboxylic acids is 1. The van der Waals surface area contributed by atoms with E-state index >= 15 is 0 Å². The number of carbonyl (C=O) groups is 1. The lowest BCUT2D eigenvalue weighted by molar-refractivity contribution is 0.0519. The zero-order valence-corrected chi connectivity index (χ0v) is 13.8. The number of rotatable bonds is 5. The molecular formula is C15H15ClN2O3S. The largest absolute Gasteiger partial charge is 0.462 e. The molecule has 22 heavy (non-hydrogen) atoms. The molecule has 0 aliphatic carbocycles. The molecule has 0 aliphatic rings. The monoisotopic (exact) mass is 338 g/mol. The summed E-state index contributed by atoms with van der Waals surface area (Å²) in [6.07, 6.45) is 0. The summed E-state index contributed by atoms with van der Waals surface area (Å²) in [7, 11) is 0. The summed E-state index contributed by atoms with van der Waals surface area (Å²) in [5.74, 6) is 0.0850. The molecule has 5 nitrogen and oxygen atoms in total. The summed E-state index contributed by atoms with van der Waals surface area (Å²) in [5, 5.41) is 1.03. The Morgan fingerprint density at radius 2 is 2.05 bits per heavy atom. The fourth-order valence-corrected chi connectivity index (χ4v) is 2.99. The topological polar surface area (TPSA) is 72.0 Å². The minimum atomic E-state index is -0.484. The van der Waals surface area contributed by atoms with Crippen molar-refractivity contribution in [2.45, 2.75) is 24.6 Å². The summed E-state index contributed by atoms with van der Waals surface area (Å²) in [4.78, 5) is 30.0. The Morgan fingerprint density at radius 1 is 1.36 bits per heavy atom. The summed E-state index contributed by atoms with van der Waals surface area (Å²) >= 11 is 7.16. The molecule has 1 aromatic carbocycles. The van der Waals surface area contributed by atoms with Crippen molar-refractivity contribution in [2.24, 2.45) is 0 Å². The fraction of sp³-hybridized carbons (Fsp3) is 0.267. The molecule has 0 aliphatic heterocycles. The number of aromatic amines is 1. The number of H-pyrrole nitrogens is 1. The number of nitrogens with one attached hydrogen (secondary N) is 1. The molecule has 116 valence electrons. The van der Waals surface area contributed by atoms with E-state index in [1.54, 1.807) is 26.0 Å². The van der Waals surface area contributed by atoms with Crippen LogP contribution in [0.1, 0.15) is 28.5 Å². The summed E-state index contributed by atoms with van der Waals surface area (Å²) in [6, 6.07) is 7.36.